The van der Waals surface area contributed by atoms with E-state index in [1.54, 1.807) is 25.3 Å². The van der Waals surface area contributed by atoms with Crippen LogP contribution < -0.4 is 10.1 Å². The van der Waals surface area contributed by atoms with E-state index in [9.17, 15) is 9.18 Å². The lowest BCUT2D eigenvalue weighted by atomic mass is 9.93. The Bertz CT molecular complexity index is 1130. The lowest BCUT2D eigenvalue weighted by Crippen LogP contribution is -2.20. The molecule has 1 aromatic heterocycles. The average molecular weight is 407 g/mol. The fraction of sp³-hybridized carbons (Fsp3) is 0.320. The quantitative estimate of drug-likeness (QED) is 0.569. The number of carbonyl (C=O) groups is 1. The Hall–Kier alpha value is -3.08. The molecule has 3 aromatic rings. The van der Waals surface area contributed by atoms with E-state index >= 15 is 0 Å². The van der Waals surface area contributed by atoms with Crippen molar-refractivity contribution in [2.75, 3.05) is 7.11 Å². The summed E-state index contributed by atoms with van der Waals surface area (Å²) in [7, 11) is 1.64. The van der Waals surface area contributed by atoms with Crippen molar-refractivity contribution in [1.82, 2.24) is 5.32 Å². The zero-order valence-corrected chi connectivity index (χ0v) is 17.6. The fourth-order valence-electron chi connectivity index (χ4n) is 4.21. The van der Waals surface area contributed by atoms with Crippen LogP contribution in [0.5, 0.6) is 5.75 Å². The number of methoxy groups -OCH3 is 1. The minimum Gasteiger partial charge on any atom is -0.496 e. The van der Waals surface area contributed by atoms with Gasteiger partial charge in [-0.15, -0.1) is 0 Å². The van der Waals surface area contributed by atoms with E-state index in [1.807, 2.05) is 13.8 Å². The Morgan fingerprint density at radius 1 is 1.23 bits per heavy atom. The van der Waals surface area contributed by atoms with Gasteiger partial charge in [0.15, 0.2) is 0 Å². The first-order chi connectivity index (χ1) is 14.5. The Balaban J connectivity index is 1.63. The maximum Gasteiger partial charge on any atom is 0.244 e. The number of furan rings is 1. The maximum absolute atomic E-state index is 13.0. The van der Waals surface area contributed by atoms with Crippen LogP contribution in [0.1, 0.15) is 47.8 Å². The number of ether oxygens (including phenoxy) is 1. The van der Waals surface area contributed by atoms with Gasteiger partial charge in [-0.2, -0.15) is 0 Å². The molecule has 5 heteroatoms. The molecule has 0 spiro atoms. The standard InChI is InChI=1S/C25H26FNO3/c1-15(12-23(28)27-14-17-8-10-18(26)11-9-17)20-13-21-19-6-4-5-7-22(19)30-25(21)16(2)24(20)29-3/h8-13H,4-7,14H2,1-3H3,(H,27,28)/b15-12+. The second-order valence-corrected chi connectivity index (χ2v) is 7.84. The summed E-state index contributed by atoms with van der Waals surface area (Å²) in [6.45, 7) is 4.25. The van der Waals surface area contributed by atoms with Crippen molar-refractivity contribution in [3.05, 3.63) is 70.2 Å². The van der Waals surface area contributed by atoms with Crippen LogP contribution in [0.4, 0.5) is 4.39 Å². The van der Waals surface area contributed by atoms with Crippen LogP contribution in [0.2, 0.25) is 0 Å². The van der Waals surface area contributed by atoms with E-state index in [1.165, 1.54) is 24.1 Å². The van der Waals surface area contributed by atoms with Gasteiger partial charge in [-0.1, -0.05) is 12.1 Å². The summed E-state index contributed by atoms with van der Waals surface area (Å²) in [4.78, 5) is 12.5. The largest absolute Gasteiger partial charge is 0.496 e. The van der Waals surface area contributed by atoms with Gasteiger partial charge in [0.25, 0.3) is 0 Å². The normalized spacial score (nSPS) is 13.9. The average Bonchev–Trinajstić information content (AvgIpc) is 3.12. The Morgan fingerprint density at radius 2 is 1.97 bits per heavy atom. The van der Waals surface area contributed by atoms with E-state index in [4.69, 9.17) is 9.15 Å². The zero-order valence-electron chi connectivity index (χ0n) is 17.6. The number of rotatable bonds is 5. The number of halogens is 1. The highest BCUT2D eigenvalue weighted by Gasteiger charge is 2.23. The molecule has 0 saturated carbocycles. The number of allylic oxidation sites excluding steroid dienone is 1. The number of aryl methyl sites for hydroxylation is 3. The molecule has 0 bridgehead atoms. The summed E-state index contributed by atoms with van der Waals surface area (Å²) in [5.74, 6) is 1.32. The van der Waals surface area contributed by atoms with E-state index in [-0.39, 0.29) is 11.7 Å². The zero-order chi connectivity index (χ0) is 21.3. The van der Waals surface area contributed by atoms with Gasteiger partial charge in [-0.25, -0.2) is 4.39 Å². The minimum atomic E-state index is -0.292. The summed E-state index contributed by atoms with van der Waals surface area (Å²) in [5.41, 5.74) is 5.69. The Kier molecular flexibility index (Phi) is 5.62. The smallest absolute Gasteiger partial charge is 0.244 e. The molecular weight excluding hydrogens is 381 g/mol. The topological polar surface area (TPSA) is 51.5 Å². The molecule has 0 atom stereocenters. The van der Waals surface area contributed by atoms with Gasteiger partial charge in [0.2, 0.25) is 5.91 Å². The third-order valence-corrected chi connectivity index (χ3v) is 5.78. The molecule has 0 radical (unpaired) electrons. The van der Waals surface area contributed by atoms with Gasteiger partial charge in [-0.05, 0) is 62.4 Å². The molecule has 2 aromatic carbocycles. The maximum atomic E-state index is 13.0. The van der Waals surface area contributed by atoms with Gasteiger partial charge in [0, 0.05) is 41.1 Å². The van der Waals surface area contributed by atoms with Crippen molar-refractivity contribution in [2.45, 2.75) is 46.1 Å². The predicted octanol–water partition coefficient (Wildman–Crippen LogP) is 5.49. The lowest BCUT2D eigenvalue weighted by molar-refractivity contribution is -0.116. The molecule has 1 N–H and O–H groups in total. The minimum absolute atomic E-state index is 0.203. The van der Waals surface area contributed by atoms with Crippen molar-refractivity contribution in [3.63, 3.8) is 0 Å². The number of hydrogen-bond donors (Lipinski definition) is 1. The molecule has 1 aliphatic rings. The van der Waals surface area contributed by atoms with Gasteiger partial charge < -0.3 is 14.5 Å². The van der Waals surface area contributed by atoms with Gasteiger partial charge in [-0.3, -0.25) is 4.79 Å². The number of benzene rings is 2. The third kappa shape index (κ3) is 3.84. The molecular formula is C25H26FNO3. The summed E-state index contributed by atoms with van der Waals surface area (Å²) in [6, 6.07) is 8.19. The molecule has 4 nitrogen and oxygen atoms in total. The lowest BCUT2D eigenvalue weighted by Gasteiger charge is -2.13. The van der Waals surface area contributed by atoms with Crippen LogP contribution >= 0.6 is 0 Å². The highest BCUT2D eigenvalue weighted by atomic mass is 19.1. The highest BCUT2D eigenvalue weighted by molar-refractivity contribution is 5.98. The number of nitrogens with one attached hydrogen (secondary N) is 1. The molecule has 0 unspecified atom stereocenters. The SMILES string of the molecule is COc1c(/C(C)=C/C(=O)NCc2ccc(F)cc2)cc2c3c(oc2c1C)CCCC3. The molecule has 1 amide bonds. The van der Waals surface area contributed by atoms with Crippen LogP contribution in [0.15, 0.2) is 40.8 Å². The van der Waals surface area contributed by atoms with Crippen molar-refractivity contribution in [3.8, 4) is 5.75 Å². The number of fused-ring (bicyclic) bond motifs is 3. The van der Waals surface area contributed by atoms with Crippen molar-refractivity contribution < 1.29 is 18.3 Å². The third-order valence-electron chi connectivity index (χ3n) is 5.78. The van der Waals surface area contributed by atoms with Crippen molar-refractivity contribution in [1.29, 1.82) is 0 Å². The number of hydrogen-bond acceptors (Lipinski definition) is 3. The van der Waals surface area contributed by atoms with Gasteiger partial charge in [0.1, 0.15) is 22.9 Å². The molecule has 0 fully saturated rings. The molecule has 156 valence electrons. The van der Waals surface area contributed by atoms with E-state index in [0.717, 1.165) is 64.0 Å². The summed E-state index contributed by atoms with van der Waals surface area (Å²) in [6.07, 6.45) is 5.90. The molecule has 4 rings (SSSR count). The summed E-state index contributed by atoms with van der Waals surface area (Å²) in [5, 5.41) is 3.98. The van der Waals surface area contributed by atoms with Crippen LogP contribution in [-0.4, -0.2) is 13.0 Å². The summed E-state index contributed by atoms with van der Waals surface area (Å²) < 4.78 is 24.9. The van der Waals surface area contributed by atoms with Crippen LogP contribution in [0, 0.1) is 12.7 Å². The van der Waals surface area contributed by atoms with E-state index in [0.29, 0.717) is 6.54 Å². The molecule has 0 aliphatic heterocycles. The Labute approximate surface area is 175 Å². The van der Waals surface area contributed by atoms with Gasteiger partial charge in [0.05, 0.1) is 7.11 Å². The monoisotopic (exact) mass is 407 g/mol. The van der Waals surface area contributed by atoms with Crippen LogP contribution in [-0.2, 0) is 24.2 Å². The second-order valence-electron chi connectivity index (χ2n) is 7.84. The molecule has 0 saturated heterocycles. The van der Waals surface area contributed by atoms with E-state index in [2.05, 4.69) is 11.4 Å². The fourth-order valence-corrected chi connectivity index (χ4v) is 4.21. The van der Waals surface area contributed by atoms with Gasteiger partial charge >= 0.3 is 0 Å². The molecule has 1 heterocycles. The second kappa shape index (κ2) is 8.34. The summed E-state index contributed by atoms with van der Waals surface area (Å²) >= 11 is 0. The first kappa shape index (κ1) is 20.2. The predicted molar refractivity (Wildman–Crippen MR) is 116 cm³/mol. The first-order valence-corrected chi connectivity index (χ1v) is 10.3. The van der Waals surface area contributed by atoms with Crippen LogP contribution in [0.25, 0.3) is 16.5 Å². The van der Waals surface area contributed by atoms with Crippen molar-refractivity contribution >= 4 is 22.4 Å². The first-order valence-electron chi connectivity index (χ1n) is 10.3. The van der Waals surface area contributed by atoms with E-state index < -0.39 is 0 Å². The highest BCUT2D eigenvalue weighted by Crippen LogP contribution is 2.40. The Morgan fingerprint density at radius 3 is 2.70 bits per heavy atom. The molecule has 1 aliphatic carbocycles. The number of carbonyl (C=O) groups excluding carboxylic acids is 1. The van der Waals surface area contributed by atoms with Crippen molar-refractivity contribution in [2.24, 2.45) is 0 Å². The van der Waals surface area contributed by atoms with Crippen LogP contribution in [0.3, 0.4) is 0 Å². The number of amides is 1. The molecule has 30 heavy (non-hydrogen) atoms.